The molecule has 90 valence electrons. The molecule has 1 aromatic heterocycles. The van der Waals surface area contributed by atoms with E-state index in [0.29, 0.717) is 11.1 Å². The number of nitriles is 1. The van der Waals surface area contributed by atoms with Crippen molar-refractivity contribution in [1.29, 1.82) is 5.26 Å². The number of nitrogens with two attached hydrogens (primary N) is 1. The third kappa shape index (κ3) is 2.53. The van der Waals surface area contributed by atoms with Crippen LogP contribution in [0.3, 0.4) is 0 Å². The van der Waals surface area contributed by atoms with E-state index in [-0.39, 0.29) is 10.6 Å². The predicted octanol–water partition coefficient (Wildman–Crippen LogP) is 1.27. The van der Waals surface area contributed by atoms with Gasteiger partial charge in [0.15, 0.2) is 0 Å². The normalized spacial score (nSPS) is 10.9. The lowest BCUT2D eigenvalue weighted by Gasteiger charge is -2.04. The Morgan fingerprint density at radius 1 is 1.17 bits per heavy atom. The molecule has 2 N–H and O–H groups in total. The molecule has 0 fully saturated rings. The van der Waals surface area contributed by atoms with Crippen LogP contribution in [-0.2, 0) is 10.0 Å². The number of nitrogens with zero attached hydrogens (tertiary/aromatic N) is 2. The van der Waals surface area contributed by atoms with Gasteiger partial charge in [0, 0.05) is 6.20 Å². The molecule has 2 rings (SSSR count). The molecule has 0 unspecified atom stereocenters. The van der Waals surface area contributed by atoms with E-state index in [2.05, 4.69) is 4.98 Å². The van der Waals surface area contributed by atoms with Crippen LogP contribution in [-0.4, -0.2) is 13.4 Å². The fourth-order valence-electron chi connectivity index (χ4n) is 1.52. The number of primary sulfonamides is 1. The Balaban J connectivity index is 2.55. The summed E-state index contributed by atoms with van der Waals surface area (Å²) in [4.78, 5) is 3.89. The second-order valence-corrected chi connectivity index (χ2v) is 5.18. The summed E-state index contributed by atoms with van der Waals surface area (Å²) in [5.41, 5.74) is 1.65. The minimum absolute atomic E-state index is 0.0373. The second-order valence-electron chi connectivity index (χ2n) is 3.61. The van der Waals surface area contributed by atoms with Crippen LogP contribution in [0.5, 0.6) is 0 Å². The first-order chi connectivity index (χ1) is 8.50. The Hall–Kier alpha value is -2.23. The third-order valence-electron chi connectivity index (χ3n) is 2.37. The molecule has 0 amide bonds. The first-order valence-corrected chi connectivity index (χ1v) is 6.55. The lowest BCUT2D eigenvalue weighted by molar-refractivity contribution is 0.598. The van der Waals surface area contributed by atoms with Crippen molar-refractivity contribution >= 4 is 10.0 Å². The number of sulfonamides is 1. The molecule has 18 heavy (non-hydrogen) atoms. The van der Waals surface area contributed by atoms with Gasteiger partial charge in [-0.05, 0) is 35.4 Å². The Morgan fingerprint density at radius 3 is 2.56 bits per heavy atom. The molecular formula is C12H9N3O2S. The molecule has 0 spiro atoms. The Labute approximate surface area is 105 Å². The number of rotatable bonds is 2. The molecule has 6 heteroatoms. The lowest BCUT2D eigenvalue weighted by atomic mass is 10.1. The zero-order valence-corrected chi connectivity index (χ0v) is 10.1. The van der Waals surface area contributed by atoms with Crippen LogP contribution in [0, 0.1) is 11.3 Å². The number of hydrogen-bond acceptors (Lipinski definition) is 4. The summed E-state index contributed by atoms with van der Waals surface area (Å²) >= 11 is 0. The van der Waals surface area contributed by atoms with Crippen LogP contribution < -0.4 is 5.14 Å². The number of hydrogen-bond donors (Lipinski definition) is 1. The van der Waals surface area contributed by atoms with Crippen molar-refractivity contribution in [2.24, 2.45) is 5.14 Å². The maximum absolute atomic E-state index is 11.3. The molecule has 0 radical (unpaired) electrons. The fourth-order valence-corrected chi connectivity index (χ4v) is 2.08. The van der Waals surface area contributed by atoms with E-state index in [1.54, 1.807) is 24.3 Å². The quantitative estimate of drug-likeness (QED) is 0.878. The Kier molecular flexibility index (Phi) is 3.10. The molecule has 0 aliphatic carbocycles. The average Bonchev–Trinajstić information content (AvgIpc) is 2.38. The molecule has 1 aromatic carbocycles. The second kappa shape index (κ2) is 4.56. The van der Waals surface area contributed by atoms with Crippen LogP contribution in [0.2, 0.25) is 0 Å². The van der Waals surface area contributed by atoms with E-state index in [9.17, 15) is 8.42 Å². The Bertz CT molecular complexity index is 733. The molecule has 0 saturated heterocycles. The zero-order chi connectivity index (χ0) is 13.2. The molecule has 1 heterocycles. The van der Waals surface area contributed by atoms with Gasteiger partial charge in [-0.2, -0.15) is 5.26 Å². The molecule has 0 aliphatic rings. The van der Waals surface area contributed by atoms with Crippen molar-refractivity contribution in [3.63, 3.8) is 0 Å². The van der Waals surface area contributed by atoms with Gasteiger partial charge in [-0.3, -0.25) is 0 Å². The zero-order valence-electron chi connectivity index (χ0n) is 9.24. The van der Waals surface area contributed by atoms with E-state index >= 15 is 0 Å². The van der Waals surface area contributed by atoms with Gasteiger partial charge in [0.2, 0.25) is 10.0 Å². The highest BCUT2D eigenvalue weighted by molar-refractivity contribution is 7.89. The standard InChI is InChI=1S/C12H9N3O2S/c13-8-11-6-10(4-5-15-11)9-2-1-3-12(7-9)18(14,16)17/h1-7H,(H2,14,16,17). The molecule has 0 aliphatic heterocycles. The summed E-state index contributed by atoms with van der Waals surface area (Å²) < 4.78 is 22.5. The van der Waals surface area contributed by atoms with Crippen molar-refractivity contribution < 1.29 is 8.42 Å². The maximum atomic E-state index is 11.3. The molecule has 0 atom stereocenters. The number of aromatic nitrogens is 1. The van der Waals surface area contributed by atoms with E-state index < -0.39 is 10.0 Å². The molecule has 5 nitrogen and oxygen atoms in total. The van der Waals surface area contributed by atoms with E-state index in [1.807, 2.05) is 6.07 Å². The van der Waals surface area contributed by atoms with E-state index in [0.717, 1.165) is 0 Å². The van der Waals surface area contributed by atoms with Crippen LogP contribution in [0.15, 0.2) is 47.5 Å². The van der Waals surface area contributed by atoms with Crippen molar-refractivity contribution in [1.82, 2.24) is 4.98 Å². The molecular weight excluding hydrogens is 250 g/mol. The van der Waals surface area contributed by atoms with Crippen LogP contribution in [0.4, 0.5) is 0 Å². The summed E-state index contributed by atoms with van der Waals surface area (Å²) in [6.07, 6.45) is 1.50. The maximum Gasteiger partial charge on any atom is 0.238 e. The molecule has 0 bridgehead atoms. The van der Waals surface area contributed by atoms with E-state index in [1.165, 1.54) is 18.3 Å². The summed E-state index contributed by atoms with van der Waals surface area (Å²) in [6, 6.07) is 11.4. The van der Waals surface area contributed by atoms with Crippen LogP contribution >= 0.6 is 0 Å². The largest absolute Gasteiger partial charge is 0.246 e. The van der Waals surface area contributed by atoms with Crippen LogP contribution in [0.1, 0.15) is 5.69 Å². The summed E-state index contributed by atoms with van der Waals surface area (Å²) in [6.45, 7) is 0. The van der Waals surface area contributed by atoms with Gasteiger partial charge >= 0.3 is 0 Å². The predicted molar refractivity (Wildman–Crippen MR) is 65.8 cm³/mol. The first kappa shape index (κ1) is 12.2. The fraction of sp³-hybridized carbons (Fsp3) is 0. The first-order valence-electron chi connectivity index (χ1n) is 5.00. The monoisotopic (exact) mass is 259 g/mol. The van der Waals surface area contributed by atoms with Gasteiger partial charge in [-0.15, -0.1) is 0 Å². The third-order valence-corrected chi connectivity index (χ3v) is 3.28. The molecule has 2 aromatic rings. The summed E-state index contributed by atoms with van der Waals surface area (Å²) in [5.74, 6) is 0. The minimum Gasteiger partial charge on any atom is -0.246 e. The van der Waals surface area contributed by atoms with Gasteiger partial charge in [0.05, 0.1) is 4.90 Å². The van der Waals surface area contributed by atoms with Crippen molar-refractivity contribution in [2.45, 2.75) is 4.90 Å². The smallest absolute Gasteiger partial charge is 0.238 e. The van der Waals surface area contributed by atoms with Crippen molar-refractivity contribution in [3.05, 3.63) is 48.3 Å². The number of benzene rings is 1. The minimum atomic E-state index is -3.73. The highest BCUT2D eigenvalue weighted by Gasteiger charge is 2.09. The van der Waals surface area contributed by atoms with Gasteiger partial charge < -0.3 is 0 Å². The highest BCUT2D eigenvalue weighted by atomic mass is 32.2. The van der Waals surface area contributed by atoms with Crippen LogP contribution in [0.25, 0.3) is 11.1 Å². The highest BCUT2D eigenvalue weighted by Crippen LogP contribution is 2.22. The van der Waals surface area contributed by atoms with Gasteiger partial charge in [-0.25, -0.2) is 18.5 Å². The molecule has 0 saturated carbocycles. The average molecular weight is 259 g/mol. The van der Waals surface area contributed by atoms with Crippen molar-refractivity contribution in [3.8, 4) is 17.2 Å². The van der Waals surface area contributed by atoms with E-state index in [4.69, 9.17) is 10.4 Å². The Morgan fingerprint density at radius 2 is 1.89 bits per heavy atom. The SMILES string of the molecule is N#Cc1cc(-c2cccc(S(N)(=O)=O)c2)ccn1. The lowest BCUT2D eigenvalue weighted by Crippen LogP contribution is -2.11. The van der Waals surface area contributed by atoms with Gasteiger partial charge in [-0.1, -0.05) is 12.1 Å². The van der Waals surface area contributed by atoms with Crippen molar-refractivity contribution in [2.75, 3.05) is 0 Å². The van der Waals surface area contributed by atoms with Gasteiger partial charge in [0.25, 0.3) is 0 Å². The summed E-state index contributed by atoms with van der Waals surface area (Å²) in [7, 11) is -3.73. The summed E-state index contributed by atoms with van der Waals surface area (Å²) in [5, 5.41) is 13.8. The number of pyridine rings is 1. The van der Waals surface area contributed by atoms with Gasteiger partial charge in [0.1, 0.15) is 11.8 Å². The topological polar surface area (TPSA) is 96.8 Å².